The minimum absolute atomic E-state index is 0.205. The van der Waals surface area contributed by atoms with Crippen LogP contribution in [-0.2, 0) is 14.6 Å². The van der Waals surface area contributed by atoms with Crippen LogP contribution in [0.5, 0.6) is 0 Å². The predicted molar refractivity (Wildman–Crippen MR) is 85.4 cm³/mol. The molecule has 22 heavy (non-hydrogen) atoms. The van der Waals surface area contributed by atoms with Crippen molar-refractivity contribution >= 4 is 15.7 Å². The van der Waals surface area contributed by atoms with Gasteiger partial charge in [0, 0.05) is 39.0 Å². The van der Waals surface area contributed by atoms with Crippen LogP contribution in [-0.4, -0.2) is 79.1 Å². The summed E-state index contributed by atoms with van der Waals surface area (Å²) in [4.78, 5) is 16.7. The summed E-state index contributed by atoms with van der Waals surface area (Å²) in [5.41, 5.74) is 0. The molecule has 2 rings (SSSR count). The molecule has 0 aromatic carbocycles. The number of nitrogens with zero attached hydrogens (tertiary/aromatic N) is 2. The maximum absolute atomic E-state index is 12.8. The lowest BCUT2D eigenvalue weighted by Crippen LogP contribution is -2.57. The summed E-state index contributed by atoms with van der Waals surface area (Å²) in [6, 6.07) is 0. The van der Waals surface area contributed by atoms with E-state index < -0.39 is 14.6 Å². The average molecular weight is 332 g/mol. The molecular formula is C15H28N2O4S. The van der Waals surface area contributed by atoms with E-state index >= 15 is 0 Å². The molecule has 1 N–H and O–H groups in total. The van der Waals surface area contributed by atoms with Crippen molar-refractivity contribution in [3.8, 4) is 0 Å². The first kappa shape index (κ1) is 17.7. The van der Waals surface area contributed by atoms with Crippen molar-refractivity contribution in [2.45, 2.75) is 49.9 Å². The number of β-amino-alcohol motifs (C(OH)–C–C–N with tert-alkyl or cyclic N) is 1. The summed E-state index contributed by atoms with van der Waals surface area (Å²) >= 11 is 0. The third-order valence-electron chi connectivity index (χ3n) is 5.11. The maximum Gasteiger partial charge on any atom is 0.244 e. The van der Waals surface area contributed by atoms with Gasteiger partial charge < -0.3 is 10.0 Å². The SMILES string of the molecule is CC[C@H](O)CN1CCN(C(=O)C2(S(C)(=O)=O)CCCC2)CC1. The second-order valence-corrected chi connectivity index (χ2v) is 8.95. The highest BCUT2D eigenvalue weighted by atomic mass is 32.2. The van der Waals surface area contributed by atoms with Gasteiger partial charge >= 0.3 is 0 Å². The number of amides is 1. The molecule has 1 aliphatic carbocycles. The molecule has 1 saturated carbocycles. The minimum Gasteiger partial charge on any atom is -0.392 e. The standard InChI is InChI=1S/C15H28N2O4S/c1-3-13(18)12-16-8-10-17(11-9-16)14(19)15(22(2,20)21)6-4-5-7-15/h13,18H,3-12H2,1-2H3/t13-/m0/s1. The molecule has 0 aromatic heterocycles. The van der Waals surface area contributed by atoms with Gasteiger partial charge in [0.25, 0.3) is 0 Å². The smallest absolute Gasteiger partial charge is 0.244 e. The summed E-state index contributed by atoms with van der Waals surface area (Å²) in [6.45, 7) is 5.06. The Kier molecular flexibility index (Phi) is 5.50. The van der Waals surface area contributed by atoms with Gasteiger partial charge in [-0.3, -0.25) is 9.69 Å². The highest BCUT2D eigenvalue weighted by Crippen LogP contribution is 2.38. The Bertz CT molecular complexity index is 492. The number of hydrogen-bond donors (Lipinski definition) is 1. The first-order chi connectivity index (χ1) is 10.3. The van der Waals surface area contributed by atoms with Crippen molar-refractivity contribution in [2.75, 3.05) is 39.0 Å². The van der Waals surface area contributed by atoms with Crippen LogP contribution in [0, 0.1) is 0 Å². The number of carbonyl (C=O) groups is 1. The van der Waals surface area contributed by atoms with Gasteiger partial charge in [-0.2, -0.15) is 0 Å². The van der Waals surface area contributed by atoms with E-state index in [2.05, 4.69) is 4.90 Å². The van der Waals surface area contributed by atoms with Crippen LogP contribution in [0.3, 0.4) is 0 Å². The molecule has 1 heterocycles. The number of aliphatic hydroxyl groups excluding tert-OH is 1. The fourth-order valence-electron chi connectivity index (χ4n) is 3.54. The molecule has 1 amide bonds. The number of aliphatic hydroxyl groups is 1. The largest absolute Gasteiger partial charge is 0.392 e. The maximum atomic E-state index is 12.8. The quantitative estimate of drug-likeness (QED) is 0.781. The van der Waals surface area contributed by atoms with Crippen LogP contribution in [0.2, 0.25) is 0 Å². The Hall–Kier alpha value is -0.660. The van der Waals surface area contributed by atoms with E-state index in [9.17, 15) is 18.3 Å². The highest BCUT2D eigenvalue weighted by Gasteiger charge is 2.51. The molecule has 6 nitrogen and oxygen atoms in total. The lowest BCUT2D eigenvalue weighted by Gasteiger charge is -2.39. The molecule has 1 atom stereocenters. The Balaban J connectivity index is 2.00. The Morgan fingerprint density at radius 3 is 2.18 bits per heavy atom. The first-order valence-corrected chi connectivity index (χ1v) is 10.1. The lowest BCUT2D eigenvalue weighted by molar-refractivity contribution is -0.135. The predicted octanol–water partition coefficient (Wildman–Crippen LogP) is 0.259. The van der Waals surface area contributed by atoms with E-state index in [1.807, 2.05) is 6.92 Å². The minimum atomic E-state index is -3.39. The van der Waals surface area contributed by atoms with Crippen molar-refractivity contribution in [1.29, 1.82) is 0 Å². The first-order valence-electron chi connectivity index (χ1n) is 8.19. The van der Waals surface area contributed by atoms with Crippen molar-refractivity contribution < 1.29 is 18.3 Å². The Morgan fingerprint density at radius 1 is 1.18 bits per heavy atom. The highest BCUT2D eigenvalue weighted by molar-refractivity contribution is 7.92. The third-order valence-corrected chi connectivity index (χ3v) is 7.11. The van der Waals surface area contributed by atoms with Gasteiger partial charge in [-0.15, -0.1) is 0 Å². The number of hydrogen-bond acceptors (Lipinski definition) is 5. The molecule has 0 unspecified atom stereocenters. The Labute approximate surface area is 133 Å². The van der Waals surface area contributed by atoms with Crippen LogP contribution in [0.25, 0.3) is 0 Å². The second-order valence-electron chi connectivity index (χ2n) is 6.63. The van der Waals surface area contributed by atoms with Gasteiger partial charge in [-0.25, -0.2) is 8.42 Å². The van der Waals surface area contributed by atoms with Gasteiger partial charge in [0.2, 0.25) is 5.91 Å². The van der Waals surface area contributed by atoms with Crippen molar-refractivity contribution in [3.63, 3.8) is 0 Å². The average Bonchev–Trinajstić information content (AvgIpc) is 2.97. The molecule has 128 valence electrons. The number of rotatable bonds is 5. The van der Waals surface area contributed by atoms with E-state index in [0.29, 0.717) is 45.6 Å². The molecule has 0 spiro atoms. The topological polar surface area (TPSA) is 77.9 Å². The van der Waals surface area contributed by atoms with Gasteiger partial charge in [0.05, 0.1) is 6.10 Å². The summed E-state index contributed by atoms with van der Waals surface area (Å²) < 4.78 is 23.2. The van der Waals surface area contributed by atoms with Crippen molar-refractivity contribution in [2.24, 2.45) is 0 Å². The van der Waals surface area contributed by atoms with E-state index in [1.54, 1.807) is 4.90 Å². The number of piperazine rings is 1. The van der Waals surface area contributed by atoms with Crippen LogP contribution >= 0.6 is 0 Å². The van der Waals surface area contributed by atoms with Crippen LogP contribution in [0.15, 0.2) is 0 Å². The molecule has 0 bridgehead atoms. The zero-order chi connectivity index (χ0) is 16.4. The van der Waals surface area contributed by atoms with Gasteiger partial charge in [0.1, 0.15) is 0 Å². The second kappa shape index (κ2) is 6.84. The summed E-state index contributed by atoms with van der Waals surface area (Å²) in [5.74, 6) is -0.205. The van der Waals surface area contributed by atoms with Crippen molar-refractivity contribution in [1.82, 2.24) is 9.80 Å². The van der Waals surface area contributed by atoms with Gasteiger partial charge in [-0.05, 0) is 19.3 Å². The van der Waals surface area contributed by atoms with E-state index in [4.69, 9.17) is 0 Å². The zero-order valence-electron chi connectivity index (χ0n) is 13.6. The zero-order valence-corrected chi connectivity index (χ0v) is 14.4. The molecule has 2 fully saturated rings. The van der Waals surface area contributed by atoms with Gasteiger partial charge in [0.15, 0.2) is 14.6 Å². The lowest BCUT2D eigenvalue weighted by atomic mass is 10.0. The molecular weight excluding hydrogens is 304 g/mol. The van der Waals surface area contributed by atoms with E-state index in [-0.39, 0.29) is 12.0 Å². The number of carbonyl (C=O) groups excluding carboxylic acids is 1. The van der Waals surface area contributed by atoms with Crippen molar-refractivity contribution in [3.05, 3.63) is 0 Å². The molecule has 0 radical (unpaired) electrons. The molecule has 2 aliphatic rings. The molecule has 0 aromatic rings. The summed E-state index contributed by atoms with van der Waals surface area (Å²) in [7, 11) is -3.39. The third kappa shape index (κ3) is 3.46. The number of sulfone groups is 1. The molecule has 1 saturated heterocycles. The fraction of sp³-hybridized carbons (Fsp3) is 0.933. The van der Waals surface area contributed by atoms with E-state index in [1.165, 1.54) is 6.26 Å². The summed E-state index contributed by atoms with van der Waals surface area (Å²) in [5, 5.41) is 9.70. The molecule has 7 heteroatoms. The van der Waals surface area contributed by atoms with Crippen LogP contribution in [0.1, 0.15) is 39.0 Å². The monoisotopic (exact) mass is 332 g/mol. The molecule has 1 aliphatic heterocycles. The van der Waals surface area contributed by atoms with Crippen LogP contribution < -0.4 is 0 Å². The van der Waals surface area contributed by atoms with Gasteiger partial charge in [-0.1, -0.05) is 19.8 Å². The Morgan fingerprint density at radius 2 is 1.73 bits per heavy atom. The van der Waals surface area contributed by atoms with E-state index in [0.717, 1.165) is 19.3 Å². The normalized spacial score (nSPS) is 24.4. The summed E-state index contributed by atoms with van der Waals surface area (Å²) in [6.07, 6.45) is 4.11. The van der Waals surface area contributed by atoms with Crippen LogP contribution in [0.4, 0.5) is 0 Å². The fourth-order valence-corrected chi connectivity index (χ4v) is 5.01.